The highest BCUT2D eigenvalue weighted by Crippen LogP contribution is 2.41. The number of hydrogen-bond acceptors (Lipinski definition) is 7. The summed E-state index contributed by atoms with van der Waals surface area (Å²) in [6, 6.07) is 30.0. The SMILES string of the molecule is C[C@H]1[C@H]2CN(C(=O)Nc3cccc4ccccc34)CCN2C(c2ccccn2)N1c1nccc(-n2cnc3ccccc32)n1. The Morgan fingerprint density at radius 1 is 0.841 bits per heavy atom. The van der Waals surface area contributed by atoms with E-state index in [2.05, 4.69) is 45.2 Å². The maximum Gasteiger partial charge on any atom is 0.321 e. The van der Waals surface area contributed by atoms with Crippen molar-refractivity contribution < 1.29 is 4.79 Å². The molecule has 10 heteroatoms. The van der Waals surface area contributed by atoms with Gasteiger partial charge >= 0.3 is 6.03 Å². The number of aromatic nitrogens is 5. The van der Waals surface area contributed by atoms with Gasteiger partial charge in [-0.1, -0.05) is 54.6 Å². The van der Waals surface area contributed by atoms with Crippen LogP contribution in [0.5, 0.6) is 0 Å². The molecule has 3 atom stereocenters. The number of amides is 2. The third-order valence-electron chi connectivity index (χ3n) is 8.87. The van der Waals surface area contributed by atoms with E-state index >= 15 is 0 Å². The normalized spacial score (nSPS) is 20.2. The Bertz CT molecular complexity index is 1970. The minimum atomic E-state index is -0.172. The summed E-state index contributed by atoms with van der Waals surface area (Å²) in [5.74, 6) is 1.36. The second kappa shape index (κ2) is 10.7. The second-order valence-electron chi connectivity index (χ2n) is 11.3. The molecule has 5 heterocycles. The monoisotopic (exact) mass is 581 g/mol. The van der Waals surface area contributed by atoms with Crippen molar-refractivity contribution in [1.82, 2.24) is 34.3 Å². The lowest BCUT2D eigenvalue weighted by molar-refractivity contribution is 0.0932. The number of hydrogen-bond donors (Lipinski definition) is 1. The van der Waals surface area contributed by atoms with E-state index in [9.17, 15) is 4.79 Å². The maximum atomic E-state index is 13.6. The second-order valence-corrected chi connectivity index (χ2v) is 11.3. The van der Waals surface area contributed by atoms with Gasteiger partial charge in [-0.2, -0.15) is 4.98 Å². The summed E-state index contributed by atoms with van der Waals surface area (Å²) >= 11 is 0. The molecule has 0 radical (unpaired) electrons. The van der Waals surface area contributed by atoms with Crippen LogP contribution in [0.15, 0.2) is 110 Å². The number of nitrogens with one attached hydrogen (secondary N) is 1. The van der Waals surface area contributed by atoms with Gasteiger partial charge in [-0.05, 0) is 48.7 Å². The Morgan fingerprint density at radius 2 is 1.68 bits per heavy atom. The largest absolute Gasteiger partial charge is 0.322 e. The van der Waals surface area contributed by atoms with Crippen LogP contribution in [0.2, 0.25) is 0 Å². The van der Waals surface area contributed by atoms with Crippen molar-refractivity contribution in [3.8, 4) is 5.82 Å². The first-order chi connectivity index (χ1) is 21.7. The number of pyridine rings is 1. The summed E-state index contributed by atoms with van der Waals surface area (Å²) in [4.78, 5) is 39.4. The zero-order chi connectivity index (χ0) is 29.6. The Kier molecular flexibility index (Phi) is 6.41. The molecule has 2 fully saturated rings. The fraction of sp³-hybridized carbons (Fsp3) is 0.206. The molecule has 6 aromatic rings. The summed E-state index contributed by atoms with van der Waals surface area (Å²) in [7, 11) is 0. The molecule has 0 bridgehead atoms. The number of carbonyl (C=O) groups excluding carboxylic acids is 1. The molecule has 2 aliphatic heterocycles. The van der Waals surface area contributed by atoms with E-state index in [-0.39, 0.29) is 24.3 Å². The standard InChI is InChI=1S/C34H31N9O/c1-23-30-21-40(34(44)38-26-14-8-10-24-9-2-3-11-25(24)26)19-20-41(30)32(28-13-6-7-17-35-28)43(23)33-36-18-16-31(39-33)42-22-37-27-12-4-5-15-29(27)42/h2-18,22-23,30,32H,19-21H2,1H3,(H,38,44)/t23-,30+,32?/m0/s1. The summed E-state index contributed by atoms with van der Waals surface area (Å²) < 4.78 is 1.99. The molecular formula is C34H31N9O. The molecule has 1 N–H and O–H groups in total. The molecule has 2 amide bonds. The number of carbonyl (C=O) groups is 1. The third kappa shape index (κ3) is 4.42. The highest BCUT2D eigenvalue weighted by molar-refractivity contribution is 6.01. The highest BCUT2D eigenvalue weighted by Gasteiger charge is 2.50. The van der Waals surface area contributed by atoms with Crippen LogP contribution in [-0.4, -0.2) is 72.1 Å². The minimum absolute atomic E-state index is 0.00458. The Hall–Kier alpha value is -5.35. The van der Waals surface area contributed by atoms with E-state index in [0.29, 0.717) is 25.6 Å². The minimum Gasteiger partial charge on any atom is -0.322 e. The maximum absolute atomic E-state index is 13.6. The molecule has 44 heavy (non-hydrogen) atoms. The van der Waals surface area contributed by atoms with E-state index in [4.69, 9.17) is 15.0 Å². The molecule has 3 aromatic heterocycles. The topological polar surface area (TPSA) is 95.3 Å². The van der Waals surface area contributed by atoms with Gasteiger partial charge in [-0.15, -0.1) is 0 Å². The number of imidazole rings is 1. The lowest BCUT2D eigenvalue weighted by Crippen LogP contribution is -2.55. The molecule has 10 nitrogen and oxygen atoms in total. The average Bonchev–Trinajstić information content (AvgIpc) is 3.64. The lowest BCUT2D eigenvalue weighted by atomic mass is 10.1. The van der Waals surface area contributed by atoms with E-state index in [1.165, 1.54) is 0 Å². The molecule has 3 aromatic carbocycles. The number of benzene rings is 3. The zero-order valence-corrected chi connectivity index (χ0v) is 24.2. The van der Waals surface area contributed by atoms with Gasteiger partial charge in [0.2, 0.25) is 5.95 Å². The van der Waals surface area contributed by atoms with E-state index in [1.54, 1.807) is 12.5 Å². The van der Waals surface area contributed by atoms with Gasteiger partial charge in [-0.3, -0.25) is 14.5 Å². The third-order valence-corrected chi connectivity index (χ3v) is 8.87. The molecule has 2 saturated heterocycles. The number of fused-ring (bicyclic) bond motifs is 3. The molecule has 0 saturated carbocycles. The molecule has 0 spiro atoms. The first kappa shape index (κ1) is 26.3. The average molecular weight is 582 g/mol. The van der Waals surface area contributed by atoms with Crippen LogP contribution in [-0.2, 0) is 0 Å². The smallest absolute Gasteiger partial charge is 0.321 e. The lowest BCUT2D eigenvalue weighted by Gasteiger charge is -2.39. The van der Waals surface area contributed by atoms with Crippen molar-refractivity contribution in [2.45, 2.75) is 25.2 Å². The fourth-order valence-electron chi connectivity index (χ4n) is 6.71. The van der Waals surface area contributed by atoms with Crippen molar-refractivity contribution in [2.75, 3.05) is 29.9 Å². The van der Waals surface area contributed by atoms with Gasteiger partial charge in [0.15, 0.2) is 0 Å². The molecule has 218 valence electrons. The van der Waals surface area contributed by atoms with Crippen LogP contribution >= 0.6 is 0 Å². The predicted octanol–water partition coefficient (Wildman–Crippen LogP) is 5.49. The van der Waals surface area contributed by atoms with Crippen molar-refractivity contribution >= 4 is 39.5 Å². The Labute approximate surface area is 254 Å². The van der Waals surface area contributed by atoms with Crippen LogP contribution in [0, 0.1) is 0 Å². The molecule has 2 aliphatic rings. The molecular weight excluding hydrogens is 550 g/mol. The van der Waals surface area contributed by atoms with Gasteiger partial charge in [-0.25, -0.2) is 14.8 Å². The highest BCUT2D eigenvalue weighted by atomic mass is 16.2. The van der Waals surface area contributed by atoms with Crippen LogP contribution in [0.4, 0.5) is 16.4 Å². The van der Waals surface area contributed by atoms with Crippen molar-refractivity contribution in [1.29, 1.82) is 0 Å². The van der Waals surface area contributed by atoms with Gasteiger partial charge in [0, 0.05) is 49.5 Å². The summed E-state index contributed by atoms with van der Waals surface area (Å²) in [5, 5.41) is 5.31. The number of urea groups is 1. The van der Waals surface area contributed by atoms with Crippen molar-refractivity contribution in [3.63, 3.8) is 0 Å². The van der Waals surface area contributed by atoms with Gasteiger partial charge in [0.25, 0.3) is 0 Å². The first-order valence-corrected chi connectivity index (χ1v) is 14.9. The van der Waals surface area contributed by atoms with E-state index < -0.39 is 0 Å². The summed E-state index contributed by atoms with van der Waals surface area (Å²) in [6.07, 6.45) is 5.26. The van der Waals surface area contributed by atoms with Crippen LogP contribution < -0.4 is 10.2 Å². The van der Waals surface area contributed by atoms with Gasteiger partial charge in [0.05, 0.1) is 22.4 Å². The van der Waals surface area contributed by atoms with Gasteiger partial charge in [0.1, 0.15) is 18.3 Å². The number of para-hydroxylation sites is 2. The zero-order valence-electron chi connectivity index (χ0n) is 24.2. The van der Waals surface area contributed by atoms with Crippen molar-refractivity contribution in [3.05, 3.63) is 115 Å². The number of piperazine rings is 1. The fourth-order valence-corrected chi connectivity index (χ4v) is 6.71. The van der Waals surface area contributed by atoms with Crippen molar-refractivity contribution in [2.24, 2.45) is 0 Å². The number of anilines is 2. The Morgan fingerprint density at radius 3 is 2.59 bits per heavy atom. The van der Waals surface area contributed by atoms with Crippen LogP contribution in [0.25, 0.3) is 27.6 Å². The Balaban J connectivity index is 1.11. The van der Waals surface area contributed by atoms with Crippen LogP contribution in [0.1, 0.15) is 18.8 Å². The quantitative estimate of drug-likeness (QED) is 0.294. The molecule has 8 rings (SSSR count). The van der Waals surface area contributed by atoms with Crippen LogP contribution in [0.3, 0.4) is 0 Å². The first-order valence-electron chi connectivity index (χ1n) is 14.9. The summed E-state index contributed by atoms with van der Waals surface area (Å²) in [5.41, 5.74) is 3.64. The van der Waals surface area contributed by atoms with Gasteiger partial charge < -0.3 is 15.1 Å². The summed E-state index contributed by atoms with van der Waals surface area (Å²) in [6.45, 7) is 4.05. The predicted molar refractivity (Wildman–Crippen MR) is 171 cm³/mol. The van der Waals surface area contributed by atoms with E-state index in [1.807, 2.05) is 88.5 Å². The number of rotatable bonds is 4. The number of nitrogens with zero attached hydrogens (tertiary/aromatic N) is 8. The molecule has 1 unspecified atom stereocenters. The molecule has 0 aliphatic carbocycles. The van der Waals surface area contributed by atoms with E-state index in [0.717, 1.165) is 39.0 Å².